The maximum atomic E-state index is 11.2. The molecule has 1 atom stereocenters. The fraction of sp³-hybridized carbons (Fsp3) is 0.308. The Morgan fingerprint density at radius 1 is 1.47 bits per heavy atom. The summed E-state index contributed by atoms with van der Waals surface area (Å²) < 4.78 is 0.895. The number of aromatic nitrogens is 1. The molecule has 1 unspecified atom stereocenters. The zero-order valence-corrected chi connectivity index (χ0v) is 13.4. The molecule has 0 fully saturated rings. The van der Waals surface area contributed by atoms with Crippen molar-refractivity contribution < 1.29 is 4.92 Å². The number of benzene rings is 1. The molecule has 1 aromatic heterocycles. The number of fused-ring (bicyclic) bond motifs is 1. The third-order valence-electron chi connectivity index (χ3n) is 2.98. The van der Waals surface area contributed by atoms with Crippen LogP contribution in [0.1, 0.15) is 18.9 Å². The predicted octanol–water partition coefficient (Wildman–Crippen LogP) is 4.62. The van der Waals surface area contributed by atoms with E-state index in [0.29, 0.717) is 6.42 Å². The van der Waals surface area contributed by atoms with E-state index in [-0.39, 0.29) is 15.4 Å². The highest BCUT2D eigenvalue weighted by molar-refractivity contribution is 9.10. The summed E-state index contributed by atoms with van der Waals surface area (Å²) in [7, 11) is 0. The number of rotatable bonds is 4. The number of alkyl halides is 1. The minimum Gasteiger partial charge on any atom is -0.258 e. The number of hydrogen-bond donors (Lipinski definition) is 0. The van der Waals surface area contributed by atoms with Crippen molar-refractivity contribution in [3.8, 4) is 0 Å². The number of pyridine rings is 1. The summed E-state index contributed by atoms with van der Waals surface area (Å²) in [4.78, 5) is 15.2. The van der Waals surface area contributed by atoms with Crippen LogP contribution in [0, 0.1) is 10.1 Å². The standard InChI is InChI=1S/C13H12Br2N2O2/c1-2-8(14)5-11-10-6-9(15)3-4-12(10)16-7-13(11)17(18)19/h3-4,6-8H,2,5H2,1H3. The maximum Gasteiger partial charge on any atom is 0.291 e. The topological polar surface area (TPSA) is 56.0 Å². The average molecular weight is 388 g/mol. The Morgan fingerprint density at radius 3 is 2.84 bits per heavy atom. The lowest BCUT2D eigenvalue weighted by molar-refractivity contribution is -0.385. The van der Waals surface area contributed by atoms with Crippen molar-refractivity contribution in [2.45, 2.75) is 24.6 Å². The van der Waals surface area contributed by atoms with E-state index in [1.807, 2.05) is 25.1 Å². The fourth-order valence-electron chi connectivity index (χ4n) is 1.95. The molecule has 0 aliphatic carbocycles. The molecule has 0 aliphatic heterocycles. The third kappa shape index (κ3) is 3.12. The van der Waals surface area contributed by atoms with E-state index in [9.17, 15) is 10.1 Å². The fourth-order valence-corrected chi connectivity index (χ4v) is 2.63. The van der Waals surface area contributed by atoms with Crippen molar-refractivity contribution in [3.63, 3.8) is 0 Å². The van der Waals surface area contributed by atoms with Crippen LogP contribution in [-0.2, 0) is 6.42 Å². The number of nitro groups is 1. The van der Waals surface area contributed by atoms with Gasteiger partial charge in [-0.25, -0.2) is 4.98 Å². The second-order valence-electron chi connectivity index (χ2n) is 4.25. The van der Waals surface area contributed by atoms with Gasteiger partial charge < -0.3 is 0 Å². The molecular weight excluding hydrogens is 376 g/mol. The Morgan fingerprint density at radius 2 is 2.21 bits per heavy atom. The van der Waals surface area contributed by atoms with Gasteiger partial charge in [0.1, 0.15) is 6.20 Å². The van der Waals surface area contributed by atoms with Gasteiger partial charge in [-0.05, 0) is 31.0 Å². The molecule has 1 aromatic carbocycles. The van der Waals surface area contributed by atoms with Crippen molar-refractivity contribution >= 4 is 48.5 Å². The molecule has 0 radical (unpaired) electrons. The highest BCUT2D eigenvalue weighted by Gasteiger charge is 2.20. The minimum absolute atomic E-state index is 0.0866. The van der Waals surface area contributed by atoms with Crippen molar-refractivity contribution in [3.05, 3.63) is 44.5 Å². The number of hydrogen-bond acceptors (Lipinski definition) is 3. The van der Waals surface area contributed by atoms with Crippen LogP contribution < -0.4 is 0 Å². The summed E-state index contributed by atoms with van der Waals surface area (Å²) >= 11 is 6.95. The summed E-state index contributed by atoms with van der Waals surface area (Å²) in [5.74, 6) is 0. The first-order chi connectivity index (χ1) is 9.02. The number of halogens is 2. The zero-order valence-electron chi connectivity index (χ0n) is 10.3. The van der Waals surface area contributed by atoms with Crippen LogP contribution in [0.4, 0.5) is 5.69 Å². The molecule has 6 heteroatoms. The van der Waals surface area contributed by atoms with Gasteiger partial charge >= 0.3 is 0 Å². The van der Waals surface area contributed by atoms with Gasteiger partial charge in [0.15, 0.2) is 0 Å². The van der Waals surface area contributed by atoms with Crippen LogP contribution in [0.2, 0.25) is 0 Å². The molecule has 0 saturated carbocycles. The average Bonchev–Trinajstić information content (AvgIpc) is 2.38. The molecule has 19 heavy (non-hydrogen) atoms. The van der Waals surface area contributed by atoms with E-state index in [2.05, 4.69) is 36.8 Å². The molecule has 2 rings (SSSR count). The Hall–Kier alpha value is -1.01. The predicted molar refractivity (Wildman–Crippen MR) is 82.8 cm³/mol. The van der Waals surface area contributed by atoms with Crippen LogP contribution >= 0.6 is 31.9 Å². The van der Waals surface area contributed by atoms with Gasteiger partial charge in [-0.15, -0.1) is 0 Å². The Balaban J connectivity index is 2.67. The first-order valence-corrected chi connectivity index (χ1v) is 7.59. The van der Waals surface area contributed by atoms with Gasteiger partial charge in [-0.1, -0.05) is 38.8 Å². The first kappa shape index (κ1) is 14.4. The van der Waals surface area contributed by atoms with Crippen molar-refractivity contribution in [1.82, 2.24) is 4.98 Å². The van der Waals surface area contributed by atoms with E-state index >= 15 is 0 Å². The molecule has 0 aliphatic rings. The van der Waals surface area contributed by atoms with Gasteiger partial charge in [-0.3, -0.25) is 10.1 Å². The summed E-state index contributed by atoms with van der Waals surface area (Å²) in [6.07, 6.45) is 2.87. The lowest BCUT2D eigenvalue weighted by Crippen LogP contribution is -2.05. The molecule has 4 nitrogen and oxygen atoms in total. The highest BCUT2D eigenvalue weighted by atomic mass is 79.9. The first-order valence-electron chi connectivity index (χ1n) is 5.88. The third-order valence-corrected chi connectivity index (χ3v) is 4.45. The summed E-state index contributed by atoms with van der Waals surface area (Å²) in [5, 5.41) is 12.0. The molecule has 0 spiro atoms. The van der Waals surface area contributed by atoms with Crippen LogP contribution in [-0.4, -0.2) is 14.7 Å². The molecule has 0 saturated heterocycles. The maximum absolute atomic E-state index is 11.2. The summed E-state index contributed by atoms with van der Waals surface area (Å²) in [6, 6.07) is 5.64. The summed E-state index contributed by atoms with van der Waals surface area (Å²) in [6.45, 7) is 2.05. The molecule has 100 valence electrons. The second-order valence-corrected chi connectivity index (χ2v) is 6.46. The van der Waals surface area contributed by atoms with E-state index < -0.39 is 0 Å². The molecular formula is C13H12Br2N2O2. The van der Waals surface area contributed by atoms with Crippen molar-refractivity contribution in [2.24, 2.45) is 0 Å². The Labute approximate surface area is 127 Å². The normalized spacial score (nSPS) is 12.6. The molecule has 0 bridgehead atoms. The lowest BCUT2D eigenvalue weighted by atomic mass is 10.0. The SMILES string of the molecule is CCC(Br)Cc1c([N+](=O)[O-])cnc2ccc(Br)cc12. The van der Waals surface area contributed by atoms with Gasteiger partial charge in [0.05, 0.1) is 10.4 Å². The quantitative estimate of drug-likeness (QED) is 0.436. The lowest BCUT2D eigenvalue weighted by Gasteiger charge is -2.10. The van der Waals surface area contributed by atoms with Gasteiger partial charge in [-0.2, -0.15) is 0 Å². The smallest absolute Gasteiger partial charge is 0.258 e. The van der Waals surface area contributed by atoms with Gasteiger partial charge in [0.25, 0.3) is 5.69 Å². The molecule has 0 amide bonds. The minimum atomic E-state index is -0.363. The molecule has 0 N–H and O–H groups in total. The summed E-state index contributed by atoms with van der Waals surface area (Å²) in [5.41, 5.74) is 1.60. The monoisotopic (exact) mass is 386 g/mol. The van der Waals surface area contributed by atoms with E-state index in [0.717, 1.165) is 27.4 Å². The Bertz CT molecular complexity index is 631. The van der Waals surface area contributed by atoms with Crippen LogP contribution in [0.5, 0.6) is 0 Å². The van der Waals surface area contributed by atoms with Crippen LogP contribution in [0.3, 0.4) is 0 Å². The molecule has 2 aromatic rings. The Kier molecular flexibility index (Phi) is 4.52. The second kappa shape index (κ2) is 5.96. The van der Waals surface area contributed by atoms with Gasteiger partial charge in [0, 0.05) is 20.2 Å². The van der Waals surface area contributed by atoms with Crippen LogP contribution in [0.25, 0.3) is 10.9 Å². The van der Waals surface area contributed by atoms with Crippen molar-refractivity contribution in [2.75, 3.05) is 0 Å². The highest BCUT2D eigenvalue weighted by Crippen LogP contribution is 2.31. The van der Waals surface area contributed by atoms with E-state index in [1.54, 1.807) is 0 Å². The van der Waals surface area contributed by atoms with Gasteiger partial charge in [0.2, 0.25) is 0 Å². The molecule has 1 heterocycles. The van der Waals surface area contributed by atoms with E-state index in [4.69, 9.17) is 0 Å². The van der Waals surface area contributed by atoms with Crippen LogP contribution in [0.15, 0.2) is 28.9 Å². The number of nitrogens with zero attached hydrogens (tertiary/aromatic N) is 2. The van der Waals surface area contributed by atoms with E-state index in [1.165, 1.54) is 6.20 Å². The largest absolute Gasteiger partial charge is 0.291 e. The van der Waals surface area contributed by atoms with Crippen molar-refractivity contribution in [1.29, 1.82) is 0 Å². The zero-order chi connectivity index (χ0) is 14.0.